The molecule has 1 amide bonds. The molecular weight excluding hydrogens is 243 g/mol. The van der Waals surface area contributed by atoms with Crippen LogP contribution in [0.25, 0.3) is 0 Å². The minimum absolute atomic E-state index is 0.0421. The number of rotatable bonds is 5. The van der Waals surface area contributed by atoms with Gasteiger partial charge in [-0.1, -0.05) is 27.7 Å². The van der Waals surface area contributed by atoms with Crippen LogP contribution in [0.4, 0.5) is 10.1 Å². The summed E-state index contributed by atoms with van der Waals surface area (Å²) in [7, 11) is 0. The zero-order valence-electron chi connectivity index (χ0n) is 12.0. The molecule has 0 aliphatic heterocycles. The minimum atomic E-state index is -0.580. The number of amides is 1. The van der Waals surface area contributed by atoms with Gasteiger partial charge in [-0.15, -0.1) is 0 Å². The Labute approximate surface area is 114 Å². The number of halogens is 1. The molecule has 0 saturated carbocycles. The van der Waals surface area contributed by atoms with Crippen molar-refractivity contribution in [3.8, 4) is 0 Å². The van der Waals surface area contributed by atoms with E-state index in [0.29, 0.717) is 30.0 Å². The zero-order valence-corrected chi connectivity index (χ0v) is 12.0. The molecule has 1 aromatic carbocycles. The molecule has 0 atom stereocenters. The van der Waals surface area contributed by atoms with E-state index in [1.807, 2.05) is 0 Å². The number of nitrogen functional groups attached to an aromatic ring is 1. The summed E-state index contributed by atoms with van der Waals surface area (Å²) >= 11 is 0. The highest BCUT2D eigenvalue weighted by atomic mass is 19.1. The van der Waals surface area contributed by atoms with Gasteiger partial charge in [-0.2, -0.15) is 0 Å². The third-order valence-corrected chi connectivity index (χ3v) is 3.45. The Hall–Kier alpha value is -1.58. The minimum Gasteiger partial charge on any atom is -0.399 e. The Morgan fingerprint density at radius 3 is 2.32 bits per heavy atom. The van der Waals surface area contributed by atoms with Crippen molar-refractivity contribution in [3.05, 3.63) is 29.6 Å². The van der Waals surface area contributed by atoms with Crippen LogP contribution in [0.5, 0.6) is 0 Å². The zero-order chi connectivity index (χ0) is 14.6. The summed E-state index contributed by atoms with van der Waals surface area (Å²) in [6.07, 6.45) is 0. The van der Waals surface area contributed by atoms with Gasteiger partial charge < -0.3 is 11.1 Å². The first kappa shape index (κ1) is 15.5. The van der Waals surface area contributed by atoms with Gasteiger partial charge in [0.2, 0.25) is 0 Å². The molecule has 19 heavy (non-hydrogen) atoms. The molecule has 3 nitrogen and oxygen atoms in total. The topological polar surface area (TPSA) is 55.1 Å². The molecular formula is C15H23FN2O. The lowest BCUT2D eigenvalue weighted by atomic mass is 9.85. The fourth-order valence-corrected chi connectivity index (χ4v) is 2.26. The highest BCUT2D eigenvalue weighted by Gasteiger charge is 2.19. The summed E-state index contributed by atoms with van der Waals surface area (Å²) in [5.74, 6) is 0.348. The van der Waals surface area contributed by atoms with E-state index in [2.05, 4.69) is 33.0 Å². The van der Waals surface area contributed by atoms with Crippen LogP contribution < -0.4 is 11.1 Å². The molecule has 0 unspecified atom stereocenters. The first-order valence-corrected chi connectivity index (χ1v) is 6.66. The van der Waals surface area contributed by atoms with Gasteiger partial charge in [0.15, 0.2) is 0 Å². The van der Waals surface area contributed by atoms with Crippen LogP contribution in [0.15, 0.2) is 18.2 Å². The summed E-state index contributed by atoms with van der Waals surface area (Å²) in [6, 6.07) is 4.11. The van der Waals surface area contributed by atoms with Crippen molar-refractivity contribution in [1.82, 2.24) is 5.32 Å². The molecule has 0 bridgehead atoms. The highest BCUT2D eigenvalue weighted by Crippen LogP contribution is 2.20. The van der Waals surface area contributed by atoms with E-state index < -0.39 is 5.82 Å². The number of anilines is 1. The lowest BCUT2D eigenvalue weighted by molar-refractivity contribution is 0.0933. The van der Waals surface area contributed by atoms with Crippen LogP contribution in [0.1, 0.15) is 38.1 Å². The van der Waals surface area contributed by atoms with Crippen LogP contribution in [0, 0.1) is 23.6 Å². The van der Waals surface area contributed by atoms with Crippen molar-refractivity contribution in [2.75, 3.05) is 12.3 Å². The standard InChI is InChI=1S/C15H23FN2O/c1-9(2)13(10(3)4)8-18-15(19)12-6-5-11(17)7-14(12)16/h5-7,9-10,13H,8,17H2,1-4H3,(H,18,19). The lowest BCUT2D eigenvalue weighted by Gasteiger charge is -2.25. The lowest BCUT2D eigenvalue weighted by Crippen LogP contribution is -2.34. The summed E-state index contributed by atoms with van der Waals surface area (Å²) in [5.41, 5.74) is 5.82. The van der Waals surface area contributed by atoms with Gasteiger partial charge in [-0.05, 0) is 36.0 Å². The van der Waals surface area contributed by atoms with Crippen LogP contribution in [0.2, 0.25) is 0 Å². The normalized spacial score (nSPS) is 11.4. The Bertz CT molecular complexity index is 436. The molecule has 0 spiro atoms. The fraction of sp³-hybridized carbons (Fsp3) is 0.533. The van der Waals surface area contributed by atoms with E-state index in [-0.39, 0.29) is 11.5 Å². The number of hydrogen-bond acceptors (Lipinski definition) is 2. The third-order valence-electron chi connectivity index (χ3n) is 3.45. The maximum atomic E-state index is 13.6. The molecule has 1 aromatic rings. The van der Waals surface area contributed by atoms with Crippen molar-refractivity contribution in [2.45, 2.75) is 27.7 Å². The number of carbonyl (C=O) groups excluding carboxylic acids is 1. The van der Waals surface area contributed by atoms with Gasteiger partial charge >= 0.3 is 0 Å². The van der Waals surface area contributed by atoms with Gasteiger partial charge in [-0.25, -0.2) is 4.39 Å². The van der Waals surface area contributed by atoms with Gasteiger partial charge in [-0.3, -0.25) is 4.79 Å². The van der Waals surface area contributed by atoms with Crippen LogP contribution in [0.3, 0.4) is 0 Å². The average molecular weight is 266 g/mol. The van der Waals surface area contributed by atoms with Gasteiger partial charge in [0.1, 0.15) is 5.82 Å². The van der Waals surface area contributed by atoms with Gasteiger partial charge in [0, 0.05) is 12.2 Å². The molecule has 1 rings (SSSR count). The highest BCUT2D eigenvalue weighted by molar-refractivity contribution is 5.94. The SMILES string of the molecule is CC(C)C(CNC(=O)c1ccc(N)cc1F)C(C)C. The smallest absolute Gasteiger partial charge is 0.254 e. The number of nitrogens with two attached hydrogens (primary N) is 1. The largest absolute Gasteiger partial charge is 0.399 e. The third kappa shape index (κ3) is 4.23. The summed E-state index contributed by atoms with van der Waals surface area (Å²) in [4.78, 5) is 11.9. The van der Waals surface area contributed by atoms with E-state index in [0.717, 1.165) is 6.07 Å². The van der Waals surface area contributed by atoms with Crippen molar-refractivity contribution in [2.24, 2.45) is 17.8 Å². The predicted octanol–water partition coefficient (Wildman–Crippen LogP) is 3.07. The number of nitrogens with one attached hydrogen (secondary N) is 1. The van der Waals surface area contributed by atoms with Crippen molar-refractivity contribution in [3.63, 3.8) is 0 Å². The number of hydrogen-bond donors (Lipinski definition) is 2. The molecule has 0 aliphatic rings. The molecule has 0 fully saturated rings. The maximum Gasteiger partial charge on any atom is 0.254 e. The first-order valence-electron chi connectivity index (χ1n) is 6.66. The summed E-state index contributed by atoms with van der Waals surface area (Å²) in [6.45, 7) is 9.06. The second-order valence-electron chi connectivity index (χ2n) is 5.60. The van der Waals surface area contributed by atoms with E-state index >= 15 is 0 Å². The summed E-state index contributed by atoms with van der Waals surface area (Å²) in [5, 5.41) is 2.80. The van der Waals surface area contributed by atoms with Gasteiger partial charge in [0.25, 0.3) is 5.91 Å². The van der Waals surface area contributed by atoms with Crippen molar-refractivity contribution in [1.29, 1.82) is 0 Å². The second kappa shape index (κ2) is 6.55. The molecule has 3 N–H and O–H groups in total. The van der Waals surface area contributed by atoms with E-state index in [1.54, 1.807) is 0 Å². The first-order chi connectivity index (χ1) is 8.82. The number of benzene rings is 1. The van der Waals surface area contributed by atoms with Crippen molar-refractivity contribution >= 4 is 11.6 Å². The average Bonchev–Trinajstić information content (AvgIpc) is 2.27. The second-order valence-corrected chi connectivity index (χ2v) is 5.60. The maximum absolute atomic E-state index is 13.6. The molecule has 4 heteroatoms. The molecule has 0 heterocycles. The number of carbonyl (C=O) groups is 1. The monoisotopic (exact) mass is 266 g/mol. The summed E-state index contributed by atoms with van der Waals surface area (Å²) < 4.78 is 13.6. The van der Waals surface area contributed by atoms with Crippen LogP contribution in [-0.4, -0.2) is 12.5 Å². The quantitative estimate of drug-likeness (QED) is 0.805. The Morgan fingerprint density at radius 1 is 1.26 bits per heavy atom. The van der Waals surface area contributed by atoms with Crippen LogP contribution in [-0.2, 0) is 0 Å². The molecule has 0 saturated heterocycles. The Balaban J connectivity index is 2.69. The van der Waals surface area contributed by atoms with Crippen molar-refractivity contribution < 1.29 is 9.18 Å². The van der Waals surface area contributed by atoms with E-state index in [4.69, 9.17) is 5.73 Å². The molecule has 0 aliphatic carbocycles. The van der Waals surface area contributed by atoms with Crippen LogP contribution >= 0.6 is 0 Å². The molecule has 0 radical (unpaired) electrons. The molecule has 106 valence electrons. The Morgan fingerprint density at radius 2 is 1.84 bits per heavy atom. The fourth-order valence-electron chi connectivity index (χ4n) is 2.26. The van der Waals surface area contributed by atoms with E-state index in [9.17, 15) is 9.18 Å². The van der Waals surface area contributed by atoms with Gasteiger partial charge in [0.05, 0.1) is 5.56 Å². The molecule has 0 aromatic heterocycles. The predicted molar refractivity (Wildman–Crippen MR) is 76.3 cm³/mol. The Kier molecular flexibility index (Phi) is 5.33. The van der Waals surface area contributed by atoms with E-state index in [1.165, 1.54) is 12.1 Å².